The summed E-state index contributed by atoms with van der Waals surface area (Å²) in [7, 11) is 1.52. The lowest BCUT2D eigenvalue weighted by atomic mass is 10.1. The fourth-order valence-corrected chi connectivity index (χ4v) is 2.33. The van der Waals surface area contributed by atoms with Crippen molar-refractivity contribution in [2.24, 2.45) is 0 Å². The van der Waals surface area contributed by atoms with Gasteiger partial charge in [-0.25, -0.2) is 0 Å². The van der Waals surface area contributed by atoms with Crippen molar-refractivity contribution >= 4 is 8.58 Å². The standard InChI is InChI=1S/C13H26P/c1-3-5-7-8-9-10-11-13-14-12-6-4-2/h6,12H,3-5,7-11,13H2,1-2H3/b12-6+. The Bertz CT molecular complexity index is 118. The van der Waals surface area contributed by atoms with Gasteiger partial charge in [0.2, 0.25) is 0 Å². The van der Waals surface area contributed by atoms with Crippen molar-refractivity contribution in [2.75, 3.05) is 6.16 Å². The molecule has 0 aliphatic heterocycles. The predicted molar refractivity (Wildman–Crippen MR) is 69.2 cm³/mol. The van der Waals surface area contributed by atoms with Crippen LogP contribution in [0.3, 0.4) is 0 Å². The molecule has 0 atom stereocenters. The average molecular weight is 213 g/mol. The van der Waals surface area contributed by atoms with Crippen LogP contribution in [0.15, 0.2) is 11.9 Å². The first-order valence-corrected chi connectivity index (χ1v) is 7.38. The Morgan fingerprint density at radius 2 is 1.50 bits per heavy atom. The van der Waals surface area contributed by atoms with Crippen molar-refractivity contribution < 1.29 is 0 Å². The second-order valence-corrected chi connectivity index (χ2v) is 4.93. The lowest BCUT2D eigenvalue weighted by Gasteiger charge is -1.99. The van der Waals surface area contributed by atoms with Crippen molar-refractivity contribution in [3.05, 3.63) is 11.9 Å². The molecule has 1 heteroatoms. The summed E-state index contributed by atoms with van der Waals surface area (Å²) in [5.74, 6) is 2.30. The van der Waals surface area contributed by atoms with E-state index >= 15 is 0 Å². The van der Waals surface area contributed by atoms with E-state index in [0.717, 1.165) is 0 Å². The minimum absolute atomic E-state index is 1.18. The molecular formula is C13H26P. The van der Waals surface area contributed by atoms with Crippen molar-refractivity contribution in [2.45, 2.75) is 65.2 Å². The Labute approximate surface area is 92.3 Å². The summed E-state index contributed by atoms with van der Waals surface area (Å²) in [4.78, 5) is 0. The van der Waals surface area contributed by atoms with Gasteiger partial charge in [0.05, 0.1) is 0 Å². The molecule has 0 saturated heterocycles. The van der Waals surface area contributed by atoms with Crippen LogP contribution in [0.5, 0.6) is 0 Å². The molecule has 0 fully saturated rings. The number of allylic oxidation sites excluding steroid dienone is 1. The van der Waals surface area contributed by atoms with Crippen molar-refractivity contribution in [1.82, 2.24) is 0 Å². The van der Waals surface area contributed by atoms with Crippen LogP contribution >= 0.6 is 8.58 Å². The van der Waals surface area contributed by atoms with Gasteiger partial charge in [0, 0.05) is 0 Å². The number of rotatable bonds is 10. The van der Waals surface area contributed by atoms with Gasteiger partial charge in [0.15, 0.2) is 0 Å². The lowest BCUT2D eigenvalue weighted by Crippen LogP contribution is -1.80. The van der Waals surface area contributed by atoms with Crippen LogP contribution < -0.4 is 0 Å². The monoisotopic (exact) mass is 213 g/mol. The molecule has 14 heavy (non-hydrogen) atoms. The molecule has 0 aromatic carbocycles. The molecule has 0 amide bonds. The molecule has 0 bridgehead atoms. The minimum atomic E-state index is 1.18. The Morgan fingerprint density at radius 1 is 0.857 bits per heavy atom. The van der Waals surface area contributed by atoms with Gasteiger partial charge in [0.1, 0.15) is 0 Å². The van der Waals surface area contributed by atoms with Gasteiger partial charge in [-0.2, -0.15) is 0 Å². The average Bonchev–Trinajstić information content (AvgIpc) is 2.21. The Morgan fingerprint density at radius 3 is 2.14 bits per heavy atom. The van der Waals surface area contributed by atoms with Gasteiger partial charge in [-0.15, -0.1) is 0 Å². The van der Waals surface area contributed by atoms with Crippen LogP contribution in [0, 0.1) is 0 Å². The van der Waals surface area contributed by atoms with Gasteiger partial charge in [-0.05, 0) is 19.0 Å². The first-order valence-electron chi connectivity index (χ1n) is 6.23. The van der Waals surface area contributed by atoms with Crippen LogP contribution in [0.25, 0.3) is 0 Å². The van der Waals surface area contributed by atoms with Crippen molar-refractivity contribution in [1.29, 1.82) is 0 Å². The fourth-order valence-electron chi connectivity index (χ4n) is 1.41. The molecule has 0 aromatic rings. The maximum absolute atomic E-state index is 2.30. The first-order chi connectivity index (χ1) is 6.91. The molecule has 0 N–H and O–H groups in total. The maximum atomic E-state index is 2.30. The van der Waals surface area contributed by atoms with Gasteiger partial charge in [-0.1, -0.05) is 72.8 Å². The van der Waals surface area contributed by atoms with Gasteiger partial charge in [0.25, 0.3) is 0 Å². The third kappa shape index (κ3) is 12.2. The highest BCUT2D eigenvalue weighted by Crippen LogP contribution is 2.16. The van der Waals surface area contributed by atoms with Crippen molar-refractivity contribution in [3.63, 3.8) is 0 Å². The number of unbranched alkanes of at least 4 members (excludes halogenated alkanes) is 6. The van der Waals surface area contributed by atoms with E-state index in [4.69, 9.17) is 0 Å². The Balaban J connectivity index is 2.88. The molecule has 0 aliphatic carbocycles. The quantitative estimate of drug-likeness (QED) is 0.327. The van der Waals surface area contributed by atoms with E-state index in [1.54, 1.807) is 0 Å². The molecule has 0 saturated carbocycles. The fraction of sp³-hybridized carbons (Fsp3) is 0.846. The molecule has 0 unspecified atom stereocenters. The van der Waals surface area contributed by atoms with Crippen LogP contribution in [0.2, 0.25) is 0 Å². The second-order valence-electron chi connectivity index (χ2n) is 3.82. The maximum Gasteiger partial charge on any atom is -0.0250 e. The highest BCUT2D eigenvalue weighted by atomic mass is 31.1. The number of hydrogen-bond donors (Lipinski definition) is 0. The van der Waals surface area contributed by atoms with E-state index in [-0.39, 0.29) is 0 Å². The van der Waals surface area contributed by atoms with Crippen LogP contribution in [0.4, 0.5) is 0 Å². The molecule has 0 aliphatic rings. The van der Waals surface area contributed by atoms with E-state index in [9.17, 15) is 0 Å². The molecule has 83 valence electrons. The molecule has 0 heterocycles. The third-order valence-corrected chi connectivity index (χ3v) is 3.33. The Hall–Kier alpha value is 0.170. The summed E-state index contributed by atoms with van der Waals surface area (Å²) in [6.07, 6.45) is 14.8. The molecule has 1 radical (unpaired) electrons. The minimum Gasteiger partial charge on any atom is -0.0840 e. The SMILES string of the molecule is CC/C=C/[P]CCCCCCCCC. The van der Waals surface area contributed by atoms with E-state index in [0.29, 0.717) is 0 Å². The van der Waals surface area contributed by atoms with E-state index in [2.05, 4.69) is 25.7 Å². The summed E-state index contributed by atoms with van der Waals surface area (Å²) in [6.45, 7) is 4.47. The summed E-state index contributed by atoms with van der Waals surface area (Å²) >= 11 is 0. The summed E-state index contributed by atoms with van der Waals surface area (Å²) in [6, 6.07) is 0. The zero-order chi connectivity index (χ0) is 10.5. The largest absolute Gasteiger partial charge is 0.0840 e. The van der Waals surface area contributed by atoms with Crippen LogP contribution in [-0.4, -0.2) is 6.16 Å². The smallest absolute Gasteiger partial charge is 0.0250 e. The van der Waals surface area contributed by atoms with Gasteiger partial charge >= 0.3 is 0 Å². The molecular weight excluding hydrogens is 187 g/mol. The second kappa shape index (κ2) is 13.2. The zero-order valence-electron chi connectivity index (χ0n) is 9.97. The van der Waals surface area contributed by atoms with E-state index < -0.39 is 0 Å². The summed E-state index contributed by atoms with van der Waals surface area (Å²) in [5, 5.41) is 0. The predicted octanol–water partition coefficient (Wildman–Crippen LogP) is 5.61. The van der Waals surface area contributed by atoms with Gasteiger partial charge < -0.3 is 0 Å². The molecule has 0 nitrogen and oxygen atoms in total. The van der Waals surface area contributed by atoms with Gasteiger partial charge in [-0.3, -0.25) is 0 Å². The third-order valence-electron chi connectivity index (χ3n) is 2.34. The van der Waals surface area contributed by atoms with E-state index in [1.807, 2.05) is 0 Å². The van der Waals surface area contributed by atoms with E-state index in [1.165, 1.54) is 66.1 Å². The molecule has 0 spiro atoms. The van der Waals surface area contributed by atoms with Crippen molar-refractivity contribution in [3.8, 4) is 0 Å². The zero-order valence-corrected chi connectivity index (χ0v) is 10.9. The highest BCUT2D eigenvalue weighted by molar-refractivity contribution is 7.41. The van der Waals surface area contributed by atoms with Crippen LogP contribution in [-0.2, 0) is 0 Å². The first kappa shape index (κ1) is 14.2. The summed E-state index contributed by atoms with van der Waals surface area (Å²) < 4.78 is 0. The van der Waals surface area contributed by atoms with Crippen LogP contribution in [0.1, 0.15) is 65.2 Å². The summed E-state index contributed by atoms with van der Waals surface area (Å²) in [5.41, 5.74) is 0. The normalized spacial score (nSPS) is 12.1. The molecule has 0 aromatic heterocycles. The molecule has 0 rings (SSSR count). The Kier molecular flexibility index (Phi) is 13.3. The lowest BCUT2D eigenvalue weighted by molar-refractivity contribution is 0.603. The topological polar surface area (TPSA) is 0 Å². The highest BCUT2D eigenvalue weighted by Gasteiger charge is 1.90. The number of hydrogen-bond acceptors (Lipinski definition) is 0.